The zero-order valence-corrected chi connectivity index (χ0v) is 7.78. The summed E-state index contributed by atoms with van der Waals surface area (Å²) in [5.74, 6) is 0. The molecule has 13 heavy (non-hydrogen) atoms. The maximum absolute atomic E-state index is 5.28. The molecule has 72 valence electrons. The monoisotopic (exact) mass is 180 g/mol. The summed E-state index contributed by atoms with van der Waals surface area (Å²) >= 11 is 0. The Morgan fingerprint density at radius 2 is 1.62 bits per heavy atom. The summed E-state index contributed by atoms with van der Waals surface area (Å²) in [6.07, 6.45) is 0. The van der Waals surface area contributed by atoms with E-state index < -0.39 is 0 Å². The molecule has 0 atom stereocenters. The van der Waals surface area contributed by atoms with Crippen molar-refractivity contribution in [1.82, 2.24) is 6.15 Å². The molecule has 1 heterocycles. The molecule has 0 bridgehead atoms. The van der Waals surface area contributed by atoms with Crippen molar-refractivity contribution < 1.29 is 4.74 Å². The van der Waals surface area contributed by atoms with Crippen LogP contribution in [0.25, 0.3) is 0 Å². The second kappa shape index (κ2) is 4.84. The lowest BCUT2D eigenvalue weighted by Gasteiger charge is -2.28. The van der Waals surface area contributed by atoms with Crippen molar-refractivity contribution >= 4 is 5.69 Å². The van der Waals surface area contributed by atoms with Crippen LogP contribution in [0.3, 0.4) is 0 Å². The van der Waals surface area contributed by atoms with E-state index in [1.165, 1.54) is 5.69 Å². The van der Waals surface area contributed by atoms with Gasteiger partial charge in [0.15, 0.2) is 0 Å². The molecule has 0 amide bonds. The van der Waals surface area contributed by atoms with E-state index in [4.69, 9.17) is 4.74 Å². The fourth-order valence-corrected chi connectivity index (χ4v) is 1.46. The third-order valence-electron chi connectivity index (χ3n) is 2.13. The number of rotatable bonds is 1. The van der Waals surface area contributed by atoms with Gasteiger partial charge in [0, 0.05) is 18.8 Å². The van der Waals surface area contributed by atoms with Crippen molar-refractivity contribution in [3.8, 4) is 0 Å². The normalized spacial score (nSPS) is 16.5. The molecule has 1 aliphatic rings. The van der Waals surface area contributed by atoms with E-state index in [2.05, 4.69) is 29.2 Å². The first-order valence-corrected chi connectivity index (χ1v) is 4.34. The number of anilines is 1. The van der Waals surface area contributed by atoms with Gasteiger partial charge in [-0.3, -0.25) is 0 Å². The van der Waals surface area contributed by atoms with Gasteiger partial charge < -0.3 is 15.8 Å². The highest BCUT2D eigenvalue weighted by Crippen LogP contribution is 2.13. The Bertz CT molecular complexity index is 232. The average molecular weight is 180 g/mol. The van der Waals surface area contributed by atoms with Crippen molar-refractivity contribution in [2.24, 2.45) is 0 Å². The molecule has 1 saturated heterocycles. The molecule has 0 unspecified atom stereocenters. The molecule has 0 aromatic heterocycles. The van der Waals surface area contributed by atoms with Gasteiger partial charge in [-0.05, 0) is 12.1 Å². The molecule has 1 aromatic carbocycles. The second-order valence-electron chi connectivity index (χ2n) is 2.93. The molecule has 3 heteroatoms. The van der Waals surface area contributed by atoms with Crippen LogP contribution in [0.2, 0.25) is 0 Å². The van der Waals surface area contributed by atoms with Crippen molar-refractivity contribution in [2.75, 3.05) is 31.2 Å². The van der Waals surface area contributed by atoms with Crippen molar-refractivity contribution in [3.63, 3.8) is 0 Å². The lowest BCUT2D eigenvalue weighted by atomic mass is 10.3. The smallest absolute Gasteiger partial charge is 0.0642 e. The van der Waals surface area contributed by atoms with Gasteiger partial charge in [-0.1, -0.05) is 18.2 Å². The van der Waals surface area contributed by atoms with Gasteiger partial charge in [0.2, 0.25) is 0 Å². The SMILES string of the molecule is N.c1ccc(N2CCOCC2)cc1. The number of hydrogen-bond acceptors (Lipinski definition) is 3. The Hall–Kier alpha value is -1.06. The number of hydrogen-bond donors (Lipinski definition) is 1. The van der Waals surface area contributed by atoms with E-state index in [0.29, 0.717) is 0 Å². The van der Waals surface area contributed by atoms with Gasteiger partial charge in [0.05, 0.1) is 13.2 Å². The summed E-state index contributed by atoms with van der Waals surface area (Å²) in [5.41, 5.74) is 1.31. The van der Waals surface area contributed by atoms with Gasteiger partial charge in [0.25, 0.3) is 0 Å². The third kappa shape index (κ3) is 2.44. The van der Waals surface area contributed by atoms with E-state index in [1.54, 1.807) is 0 Å². The Kier molecular flexibility index (Phi) is 3.73. The average Bonchev–Trinajstić information content (AvgIpc) is 2.21. The molecule has 1 aliphatic heterocycles. The number of morpholine rings is 1. The summed E-state index contributed by atoms with van der Waals surface area (Å²) in [7, 11) is 0. The Labute approximate surface area is 78.9 Å². The topological polar surface area (TPSA) is 47.5 Å². The first-order valence-electron chi connectivity index (χ1n) is 4.34. The van der Waals surface area contributed by atoms with Crippen LogP contribution in [0.4, 0.5) is 5.69 Å². The zero-order valence-electron chi connectivity index (χ0n) is 7.78. The Morgan fingerprint density at radius 3 is 2.23 bits per heavy atom. The molecule has 1 fully saturated rings. The highest BCUT2D eigenvalue weighted by molar-refractivity contribution is 5.46. The quantitative estimate of drug-likeness (QED) is 0.715. The summed E-state index contributed by atoms with van der Waals surface area (Å²) < 4.78 is 5.28. The van der Waals surface area contributed by atoms with Crippen molar-refractivity contribution in [2.45, 2.75) is 0 Å². The molecule has 3 N–H and O–H groups in total. The lowest BCUT2D eigenvalue weighted by Crippen LogP contribution is -2.36. The molecule has 0 spiro atoms. The predicted octanol–water partition coefficient (Wildman–Crippen LogP) is 1.69. The van der Waals surface area contributed by atoms with Gasteiger partial charge >= 0.3 is 0 Å². The van der Waals surface area contributed by atoms with E-state index >= 15 is 0 Å². The highest BCUT2D eigenvalue weighted by atomic mass is 16.5. The zero-order chi connectivity index (χ0) is 8.23. The number of benzene rings is 1. The lowest BCUT2D eigenvalue weighted by molar-refractivity contribution is 0.122. The molecular formula is C10H16N2O. The summed E-state index contributed by atoms with van der Waals surface area (Å²) in [6.45, 7) is 3.75. The first kappa shape index (κ1) is 10.0. The predicted molar refractivity (Wildman–Crippen MR) is 54.5 cm³/mol. The molecule has 0 radical (unpaired) electrons. The number of nitrogens with zero attached hydrogens (tertiary/aromatic N) is 1. The van der Waals surface area contributed by atoms with Crippen LogP contribution >= 0.6 is 0 Å². The van der Waals surface area contributed by atoms with Gasteiger partial charge in [0.1, 0.15) is 0 Å². The maximum atomic E-state index is 5.28. The number of para-hydroxylation sites is 1. The minimum Gasteiger partial charge on any atom is -0.378 e. The highest BCUT2D eigenvalue weighted by Gasteiger charge is 2.09. The first-order chi connectivity index (χ1) is 5.97. The second-order valence-corrected chi connectivity index (χ2v) is 2.93. The minimum absolute atomic E-state index is 0. The fraction of sp³-hybridized carbons (Fsp3) is 0.400. The largest absolute Gasteiger partial charge is 0.378 e. The molecule has 0 aliphatic carbocycles. The Morgan fingerprint density at radius 1 is 1.00 bits per heavy atom. The van der Waals surface area contributed by atoms with Crippen LogP contribution in [0.5, 0.6) is 0 Å². The maximum Gasteiger partial charge on any atom is 0.0642 e. The van der Waals surface area contributed by atoms with Gasteiger partial charge in [-0.25, -0.2) is 0 Å². The van der Waals surface area contributed by atoms with Gasteiger partial charge in [-0.15, -0.1) is 0 Å². The van der Waals surface area contributed by atoms with Crippen LogP contribution in [-0.2, 0) is 4.74 Å². The molecule has 0 saturated carbocycles. The Balaban J connectivity index is 0.000000845. The van der Waals surface area contributed by atoms with E-state index in [1.807, 2.05) is 6.07 Å². The van der Waals surface area contributed by atoms with Gasteiger partial charge in [-0.2, -0.15) is 0 Å². The van der Waals surface area contributed by atoms with Crippen LogP contribution in [0.15, 0.2) is 30.3 Å². The number of ether oxygens (including phenoxy) is 1. The summed E-state index contributed by atoms with van der Waals surface area (Å²) in [5, 5.41) is 0. The minimum atomic E-state index is 0. The fourth-order valence-electron chi connectivity index (χ4n) is 1.46. The molecular weight excluding hydrogens is 164 g/mol. The van der Waals surface area contributed by atoms with Crippen molar-refractivity contribution in [3.05, 3.63) is 30.3 Å². The molecule has 2 rings (SSSR count). The van der Waals surface area contributed by atoms with E-state index in [9.17, 15) is 0 Å². The molecule has 1 aromatic rings. The van der Waals surface area contributed by atoms with Crippen LogP contribution in [-0.4, -0.2) is 26.3 Å². The van der Waals surface area contributed by atoms with Crippen LogP contribution in [0.1, 0.15) is 0 Å². The van der Waals surface area contributed by atoms with E-state index in [0.717, 1.165) is 26.3 Å². The third-order valence-corrected chi connectivity index (χ3v) is 2.13. The molecule has 3 nitrogen and oxygen atoms in total. The van der Waals surface area contributed by atoms with Crippen LogP contribution in [0, 0.1) is 0 Å². The summed E-state index contributed by atoms with van der Waals surface area (Å²) in [4.78, 5) is 2.35. The van der Waals surface area contributed by atoms with E-state index in [-0.39, 0.29) is 6.15 Å². The standard InChI is InChI=1S/C10H13NO.H3N/c1-2-4-10(5-3-1)11-6-8-12-9-7-11;/h1-5H,6-9H2;1H3. The van der Waals surface area contributed by atoms with Crippen LogP contribution < -0.4 is 11.1 Å². The summed E-state index contributed by atoms with van der Waals surface area (Å²) in [6, 6.07) is 10.5. The van der Waals surface area contributed by atoms with Crippen molar-refractivity contribution in [1.29, 1.82) is 0 Å².